The van der Waals surface area contributed by atoms with Crippen LogP contribution in [0.4, 0.5) is 13.2 Å². The average Bonchev–Trinajstić information content (AvgIpc) is 2.91. The Morgan fingerprint density at radius 2 is 1.70 bits per heavy atom. The number of halogens is 4. The standard InChI is InChI=1S/C26H24ClF2NO5.CH3F/c1-34-22-10-7-16(12-23(26(32)33)35-15-24(28)29)11-19(22)14-30-25(31)20-9-8-18(13-21(20)27)17-5-3-2-4-6-17;1-2/h2-11,13,23-24H,12,14-15H2,1H3,(H,30,31)(H,32,33);1H3. The molecule has 0 aliphatic carbocycles. The molecule has 0 aliphatic rings. The molecular formula is C27H27ClF3NO5. The SMILES string of the molecule is CF.COc1ccc(CC(OCC(F)F)C(=O)O)cc1CNC(=O)c1ccc(-c2ccccc2)cc1Cl. The van der Waals surface area contributed by atoms with Gasteiger partial charge in [-0.15, -0.1) is 0 Å². The van der Waals surface area contributed by atoms with E-state index in [0.717, 1.165) is 11.1 Å². The highest BCUT2D eigenvalue weighted by Crippen LogP contribution is 2.26. The first kappa shape index (κ1) is 29.7. The minimum atomic E-state index is -2.77. The van der Waals surface area contributed by atoms with E-state index in [9.17, 15) is 27.9 Å². The highest BCUT2D eigenvalue weighted by molar-refractivity contribution is 6.34. The molecule has 0 saturated heterocycles. The molecule has 0 radical (unpaired) electrons. The van der Waals surface area contributed by atoms with Crippen molar-refractivity contribution in [3.63, 3.8) is 0 Å². The third kappa shape index (κ3) is 8.80. The Balaban J connectivity index is 0.00000235. The Morgan fingerprint density at radius 1 is 1.00 bits per heavy atom. The Labute approximate surface area is 218 Å². The molecule has 37 heavy (non-hydrogen) atoms. The third-order valence-electron chi connectivity index (χ3n) is 5.22. The summed E-state index contributed by atoms with van der Waals surface area (Å²) in [7, 11) is 1.96. The molecule has 0 heterocycles. The highest BCUT2D eigenvalue weighted by atomic mass is 35.5. The molecule has 2 N–H and O–H groups in total. The normalized spacial score (nSPS) is 11.3. The summed E-state index contributed by atoms with van der Waals surface area (Å²) in [5.41, 5.74) is 3.26. The summed E-state index contributed by atoms with van der Waals surface area (Å²) in [6, 6.07) is 19.7. The number of carbonyl (C=O) groups excluding carboxylic acids is 1. The zero-order valence-corrected chi connectivity index (χ0v) is 21.0. The van der Waals surface area contributed by atoms with Crippen LogP contribution in [0.25, 0.3) is 11.1 Å². The number of carboxylic acid groups (broad SMARTS) is 1. The van der Waals surface area contributed by atoms with Gasteiger partial charge in [-0.3, -0.25) is 9.18 Å². The molecule has 1 unspecified atom stereocenters. The number of alkyl halides is 3. The van der Waals surface area contributed by atoms with Crippen LogP contribution in [0.15, 0.2) is 66.7 Å². The topological polar surface area (TPSA) is 84.9 Å². The fraction of sp³-hybridized carbons (Fsp3) is 0.259. The molecule has 0 aliphatic heterocycles. The van der Waals surface area contributed by atoms with E-state index in [2.05, 4.69) is 5.32 Å². The number of nitrogens with one attached hydrogen (secondary N) is 1. The highest BCUT2D eigenvalue weighted by Gasteiger charge is 2.21. The molecule has 0 saturated carbocycles. The smallest absolute Gasteiger partial charge is 0.333 e. The first-order valence-corrected chi connectivity index (χ1v) is 11.5. The van der Waals surface area contributed by atoms with Gasteiger partial charge in [-0.25, -0.2) is 13.6 Å². The Bertz CT molecular complexity index is 1180. The van der Waals surface area contributed by atoms with Crippen LogP contribution in [0.1, 0.15) is 21.5 Å². The summed E-state index contributed by atoms with van der Waals surface area (Å²) in [5, 5.41) is 12.4. The van der Waals surface area contributed by atoms with Crippen LogP contribution in [0.5, 0.6) is 5.75 Å². The first-order chi connectivity index (χ1) is 17.8. The van der Waals surface area contributed by atoms with Gasteiger partial charge in [-0.2, -0.15) is 0 Å². The first-order valence-electron chi connectivity index (χ1n) is 11.1. The number of hydrogen-bond donors (Lipinski definition) is 2. The van der Waals surface area contributed by atoms with Crippen molar-refractivity contribution in [3.8, 4) is 16.9 Å². The van der Waals surface area contributed by atoms with Gasteiger partial charge >= 0.3 is 5.97 Å². The molecule has 0 bridgehead atoms. The van der Waals surface area contributed by atoms with Crippen molar-refractivity contribution in [2.75, 3.05) is 20.9 Å². The molecule has 0 aromatic heterocycles. The Hall–Kier alpha value is -3.56. The fourth-order valence-electron chi connectivity index (χ4n) is 3.50. The van der Waals surface area contributed by atoms with Crippen molar-refractivity contribution < 1.29 is 37.3 Å². The summed E-state index contributed by atoms with van der Waals surface area (Å²) in [4.78, 5) is 24.2. The quantitative estimate of drug-likeness (QED) is 0.322. The lowest BCUT2D eigenvalue weighted by Gasteiger charge is -2.16. The van der Waals surface area contributed by atoms with Crippen LogP contribution in [0.3, 0.4) is 0 Å². The van der Waals surface area contributed by atoms with E-state index in [1.807, 2.05) is 36.4 Å². The molecule has 1 amide bonds. The second-order valence-corrected chi connectivity index (χ2v) is 8.05. The molecule has 0 spiro atoms. The van der Waals surface area contributed by atoms with Crippen LogP contribution >= 0.6 is 11.6 Å². The van der Waals surface area contributed by atoms with Crippen LogP contribution in [0.2, 0.25) is 5.02 Å². The van der Waals surface area contributed by atoms with E-state index >= 15 is 0 Å². The van der Waals surface area contributed by atoms with Crippen LogP contribution < -0.4 is 10.1 Å². The summed E-state index contributed by atoms with van der Waals surface area (Å²) < 4.78 is 44.5. The third-order valence-corrected chi connectivity index (χ3v) is 5.54. The van der Waals surface area contributed by atoms with Crippen molar-refractivity contribution in [2.24, 2.45) is 0 Å². The van der Waals surface area contributed by atoms with E-state index in [4.69, 9.17) is 21.1 Å². The molecular weight excluding hydrogens is 511 g/mol. The van der Waals surface area contributed by atoms with Crippen molar-refractivity contribution in [2.45, 2.75) is 25.5 Å². The molecule has 10 heteroatoms. The van der Waals surface area contributed by atoms with Gasteiger partial charge in [0, 0.05) is 18.5 Å². The number of rotatable bonds is 11. The zero-order valence-electron chi connectivity index (χ0n) is 20.2. The Morgan fingerprint density at radius 3 is 2.30 bits per heavy atom. The fourth-order valence-corrected chi connectivity index (χ4v) is 3.76. The number of hydrogen-bond acceptors (Lipinski definition) is 4. The van der Waals surface area contributed by atoms with E-state index in [1.54, 1.807) is 30.3 Å². The lowest BCUT2D eigenvalue weighted by molar-refractivity contribution is -0.152. The van der Waals surface area contributed by atoms with Gasteiger partial charge in [-0.05, 0) is 34.9 Å². The molecule has 3 aromatic carbocycles. The molecule has 6 nitrogen and oxygen atoms in total. The maximum atomic E-state index is 12.8. The van der Waals surface area contributed by atoms with E-state index in [1.165, 1.54) is 7.11 Å². The van der Waals surface area contributed by atoms with Crippen molar-refractivity contribution in [1.82, 2.24) is 5.32 Å². The van der Waals surface area contributed by atoms with Crippen molar-refractivity contribution >= 4 is 23.5 Å². The van der Waals surface area contributed by atoms with Gasteiger partial charge in [0.05, 0.1) is 24.9 Å². The summed E-state index contributed by atoms with van der Waals surface area (Å²) >= 11 is 6.37. The molecule has 3 rings (SSSR count). The average molecular weight is 538 g/mol. The van der Waals surface area contributed by atoms with E-state index < -0.39 is 31.0 Å². The minimum absolute atomic E-state index is 0.0717. The number of carbonyl (C=O) groups is 2. The van der Waals surface area contributed by atoms with Crippen molar-refractivity contribution in [1.29, 1.82) is 0 Å². The number of ether oxygens (including phenoxy) is 2. The predicted octanol–water partition coefficient (Wildman–Crippen LogP) is 5.81. The monoisotopic (exact) mass is 537 g/mol. The van der Waals surface area contributed by atoms with Crippen LogP contribution in [-0.4, -0.2) is 50.4 Å². The minimum Gasteiger partial charge on any atom is -0.496 e. The van der Waals surface area contributed by atoms with Gasteiger partial charge in [0.15, 0.2) is 6.10 Å². The number of carboxylic acids is 1. The number of aliphatic carboxylic acids is 1. The number of benzene rings is 3. The van der Waals surface area contributed by atoms with Gasteiger partial charge in [0.2, 0.25) is 0 Å². The maximum Gasteiger partial charge on any atom is 0.333 e. The van der Waals surface area contributed by atoms with Crippen LogP contribution in [0, 0.1) is 0 Å². The molecule has 3 aromatic rings. The lowest BCUT2D eigenvalue weighted by Crippen LogP contribution is -2.28. The molecule has 0 fully saturated rings. The maximum absolute atomic E-state index is 12.8. The second-order valence-electron chi connectivity index (χ2n) is 7.64. The predicted molar refractivity (Wildman–Crippen MR) is 135 cm³/mol. The number of methoxy groups -OCH3 is 1. The summed E-state index contributed by atoms with van der Waals surface area (Å²) in [6.07, 6.45) is -4.33. The lowest BCUT2D eigenvalue weighted by atomic mass is 10.0. The Kier molecular flexibility index (Phi) is 11.9. The van der Waals surface area contributed by atoms with Gasteiger partial charge in [0.1, 0.15) is 12.4 Å². The summed E-state index contributed by atoms with van der Waals surface area (Å²) in [5.74, 6) is -1.27. The van der Waals surface area contributed by atoms with E-state index in [0.29, 0.717) is 34.6 Å². The van der Waals surface area contributed by atoms with E-state index in [-0.39, 0.29) is 13.0 Å². The zero-order chi connectivity index (χ0) is 27.4. The largest absolute Gasteiger partial charge is 0.496 e. The second kappa shape index (κ2) is 14.9. The van der Waals surface area contributed by atoms with Gasteiger partial charge < -0.3 is 19.9 Å². The number of amides is 1. The summed E-state index contributed by atoms with van der Waals surface area (Å²) in [6.45, 7) is -0.901. The molecule has 198 valence electrons. The van der Waals surface area contributed by atoms with Gasteiger partial charge in [0.25, 0.3) is 12.3 Å². The molecule has 1 atom stereocenters. The van der Waals surface area contributed by atoms with Gasteiger partial charge in [-0.1, -0.05) is 60.1 Å². The van der Waals surface area contributed by atoms with Crippen LogP contribution in [-0.2, 0) is 22.5 Å². The van der Waals surface area contributed by atoms with Crippen molar-refractivity contribution in [3.05, 3.63) is 88.4 Å².